The molecule has 0 atom stereocenters. The van der Waals surface area contributed by atoms with Gasteiger partial charge in [0.05, 0.1) is 0 Å². The normalized spacial score (nSPS) is 7.25. The summed E-state index contributed by atoms with van der Waals surface area (Å²) < 4.78 is 34.1. The van der Waals surface area contributed by atoms with Crippen LogP contribution in [0.4, 0.5) is 0 Å². The van der Waals surface area contributed by atoms with Crippen LogP contribution in [0, 0.1) is 0 Å². The first-order chi connectivity index (χ1) is 2.00. The third kappa shape index (κ3) is 499. The van der Waals surface area contributed by atoms with Crippen molar-refractivity contribution in [1.82, 2.24) is 0 Å². The highest BCUT2D eigenvalue weighted by atomic mass is 35.5. The zero-order valence-electron chi connectivity index (χ0n) is 3.44. The lowest BCUT2D eigenvalue weighted by atomic mass is 15.8. The maximum Gasteiger partial charge on any atom is 0.0311 e. The molecule has 5 nitrogen and oxygen atoms in total. The standard InChI is InChI=1S/Al.ClH.H2O4S.H2O/c;;1-5(2,3)4;/h;1H;(H2,1,2,3,4);1H2/p-4. The van der Waals surface area contributed by atoms with Gasteiger partial charge in [-0.2, -0.15) is 0 Å². The number of halogens is 1. The second kappa shape index (κ2) is 7.65. The van der Waals surface area contributed by atoms with E-state index < -0.39 is 10.4 Å². The predicted molar refractivity (Wildman–Crippen MR) is 18.2 cm³/mol. The highest BCUT2D eigenvalue weighted by molar-refractivity contribution is 7.79. The van der Waals surface area contributed by atoms with Crippen molar-refractivity contribution in [2.75, 3.05) is 0 Å². The molecule has 0 saturated heterocycles. The highest BCUT2D eigenvalue weighted by Gasteiger charge is 1.49. The summed E-state index contributed by atoms with van der Waals surface area (Å²) in [5.74, 6) is 0. The maximum atomic E-state index is 8.52. The minimum absolute atomic E-state index is 0. The van der Waals surface area contributed by atoms with Crippen molar-refractivity contribution in [3.05, 3.63) is 0 Å². The third-order valence-corrected chi connectivity index (χ3v) is 0. The van der Waals surface area contributed by atoms with E-state index in [9.17, 15) is 0 Å². The van der Waals surface area contributed by atoms with Crippen molar-refractivity contribution in [2.24, 2.45) is 0 Å². The van der Waals surface area contributed by atoms with Gasteiger partial charge in [-0.3, -0.25) is 8.42 Å². The molecule has 1 N–H and O–H groups in total. The molecule has 8 heavy (non-hydrogen) atoms. The highest BCUT2D eigenvalue weighted by Crippen LogP contribution is 1.57. The first kappa shape index (κ1) is 23.4. The monoisotopic (exact) mass is 175 g/mol. The molecular weight excluding hydrogens is 174 g/mol. The van der Waals surface area contributed by atoms with Gasteiger partial charge in [0.25, 0.3) is 0 Å². The molecule has 0 amide bonds. The van der Waals surface area contributed by atoms with Crippen molar-refractivity contribution in [3.8, 4) is 0 Å². The van der Waals surface area contributed by atoms with E-state index in [-0.39, 0.29) is 35.2 Å². The fraction of sp³-hybridized carbons (Fsp3) is 0. The van der Waals surface area contributed by atoms with Gasteiger partial charge in [0.1, 0.15) is 0 Å². The number of hydrogen-bond donors (Lipinski definition) is 0. The Kier molecular flexibility index (Phi) is 22.4. The summed E-state index contributed by atoms with van der Waals surface area (Å²) in [6, 6.07) is 0. The quantitative estimate of drug-likeness (QED) is 0.208. The van der Waals surface area contributed by atoms with Crippen LogP contribution in [0.15, 0.2) is 0 Å². The van der Waals surface area contributed by atoms with Crippen molar-refractivity contribution in [2.45, 2.75) is 0 Å². The van der Waals surface area contributed by atoms with Crippen LogP contribution in [-0.2, 0) is 10.4 Å². The second-order valence-corrected chi connectivity index (χ2v) is 1.22. The third-order valence-electron chi connectivity index (χ3n) is 0. The van der Waals surface area contributed by atoms with E-state index in [2.05, 4.69) is 0 Å². The molecule has 0 aliphatic heterocycles. The Morgan fingerprint density at radius 3 is 1.12 bits per heavy atom. The predicted octanol–water partition coefficient (Wildman–Crippen LogP) is -4.89. The van der Waals surface area contributed by atoms with Crippen molar-refractivity contribution in [1.29, 1.82) is 0 Å². The summed E-state index contributed by atoms with van der Waals surface area (Å²) in [4.78, 5) is 0. The van der Waals surface area contributed by atoms with Gasteiger partial charge in [0, 0.05) is 27.8 Å². The van der Waals surface area contributed by atoms with Crippen LogP contribution < -0.4 is 12.4 Å². The first-order valence-corrected chi connectivity index (χ1v) is 2.00. The van der Waals surface area contributed by atoms with E-state index in [1.165, 1.54) is 0 Å². The minimum atomic E-state index is -5.17. The summed E-state index contributed by atoms with van der Waals surface area (Å²) >= 11 is 0. The van der Waals surface area contributed by atoms with E-state index in [1.807, 2.05) is 0 Å². The molecular formula is HAlClO5S-4. The molecule has 0 saturated carbocycles. The second-order valence-electron chi connectivity index (χ2n) is 0.408. The van der Waals surface area contributed by atoms with E-state index in [0.29, 0.717) is 0 Å². The fourth-order valence-corrected chi connectivity index (χ4v) is 0. The Bertz CT molecular complexity index is 95.6. The van der Waals surface area contributed by atoms with E-state index in [0.717, 1.165) is 0 Å². The van der Waals surface area contributed by atoms with Crippen LogP contribution in [0.3, 0.4) is 0 Å². The molecule has 0 unspecified atom stereocenters. The molecule has 0 bridgehead atoms. The van der Waals surface area contributed by atoms with Gasteiger partial charge < -0.3 is 27.0 Å². The summed E-state index contributed by atoms with van der Waals surface area (Å²) in [7, 11) is -5.17. The lowest BCUT2D eigenvalue weighted by Gasteiger charge is -2.06. The number of rotatable bonds is 0. The number of hydrogen-bond acceptors (Lipinski definition) is 5. The lowest BCUT2D eigenvalue weighted by Crippen LogP contribution is -3.00. The summed E-state index contributed by atoms with van der Waals surface area (Å²) in [5.41, 5.74) is 0. The zero-order chi connectivity index (χ0) is 4.50. The average molecular weight is 176 g/mol. The van der Waals surface area contributed by atoms with E-state index in [1.54, 1.807) is 0 Å². The molecule has 0 fully saturated rings. The molecule has 3 radical (unpaired) electrons. The topological polar surface area (TPSA) is 110 Å². The van der Waals surface area contributed by atoms with Gasteiger partial charge in [-0.15, -0.1) is 0 Å². The maximum absolute atomic E-state index is 8.52. The zero-order valence-corrected chi connectivity index (χ0v) is 6.17. The Morgan fingerprint density at radius 2 is 1.12 bits per heavy atom. The van der Waals surface area contributed by atoms with Gasteiger partial charge in [0.15, 0.2) is 0 Å². The van der Waals surface area contributed by atoms with Crippen molar-refractivity contribution >= 4 is 27.8 Å². The van der Waals surface area contributed by atoms with Gasteiger partial charge in [-0.1, -0.05) is 0 Å². The Morgan fingerprint density at radius 1 is 1.12 bits per heavy atom. The molecule has 0 aromatic carbocycles. The minimum Gasteiger partial charge on any atom is -1.00 e. The Labute approximate surface area is 63.5 Å². The van der Waals surface area contributed by atoms with Crippen LogP contribution in [0.5, 0.6) is 0 Å². The van der Waals surface area contributed by atoms with E-state index in [4.69, 9.17) is 17.5 Å². The van der Waals surface area contributed by atoms with Crippen LogP contribution >= 0.6 is 0 Å². The molecule has 0 aromatic heterocycles. The van der Waals surface area contributed by atoms with Crippen LogP contribution in [0.1, 0.15) is 0 Å². The molecule has 0 rings (SSSR count). The summed E-state index contributed by atoms with van der Waals surface area (Å²) in [6.07, 6.45) is 0. The molecule has 0 aromatic rings. The van der Waals surface area contributed by atoms with E-state index >= 15 is 0 Å². The first-order valence-electron chi connectivity index (χ1n) is 0.667. The van der Waals surface area contributed by atoms with Crippen LogP contribution in [0.25, 0.3) is 0 Å². The Balaban J connectivity index is -0.0000000267. The SMILES string of the molecule is O=S(=O)([O-])[O-].[Al].[Cl-].[OH-]. The molecule has 51 valence electrons. The Hall–Kier alpha value is 0.652. The fourth-order valence-electron chi connectivity index (χ4n) is 0. The average Bonchev–Trinajstić information content (AvgIpc) is 0.722. The largest absolute Gasteiger partial charge is 1.00 e. The lowest BCUT2D eigenvalue weighted by molar-refractivity contribution is -0.00000973. The van der Waals surface area contributed by atoms with Crippen molar-refractivity contribution < 1.29 is 35.4 Å². The van der Waals surface area contributed by atoms with Gasteiger partial charge in [-0.25, -0.2) is 0 Å². The van der Waals surface area contributed by atoms with Crippen LogP contribution in [-0.4, -0.2) is 40.4 Å². The summed E-state index contributed by atoms with van der Waals surface area (Å²) in [5, 5.41) is 0. The smallest absolute Gasteiger partial charge is 0.0311 e. The molecule has 0 aliphatic carbocycles. The van der Waals surface area contributed by atoms with Crippen LogP contribution in [0.2, 0.25) is 0 Å². The molecule has 0 aliphatic rings. The summed E-state index contributed by atoms with van der Waals surface area (Å²) in [6.45, 7) is 0. The van der Waals surface area contributed by atoms with Gasteiger partial charge in [0.2, 0.25) is 0 Å². The molecule has 0 heterocycles. The molecule has 0 spiro atoms. The van der Waals surface area contributed by atoms with Gasteiger partial charge in [-0.05, 0) is 0 Å². The molecule has 8 heteroatoms. The van der Waals surface area contributed by atoms with Gasteiger partial charge >= 0.3 is 0 Å². The van der Waals surface area contributed by atoms with Crippen molar-refractivity contribution in [3.63, 3.8) is 0 Å².